The highest BCUT2D eigenvalue weighted by molar-refractivity contribution is 6.30. The van der Waals surface area contributed by atoms with E-state index in [2.05, 4.69) is 5.32 Å². The van der Waals surface area contributed by atoms with Crippen LogP contribution in [0.2, 0.25) is 5.02 Å². The Kier molecular flexibility index (Phi) is 5.10. The van der Waals surface area contributed by atoms with Crippen LogP contribution in [-0.2, 0) is 15.2 Å². The average Bonchev–Trinajstić information content (AvgIpc) is 2.94. The lowest BCUT2D eigenvalue weighted by Gasteiger charge is -2.24. The average molecular weight is 421 g/mol. The SMILES string of the molecule is Cc1cccc(NC(=O)CN2C(=O)[C@@](O)(c3cccc(Cl)c3)c3ccccc32)c1C. The molecular formula is C24H21ClN2O3. The lowest BCUT2D eigenvalue weighted by molar-refractivity contribution is -0.133. The molecule has 0 spiro atoms. The van der Waals surface area contributed by atoms with E-state index in [1.807, 2.05) is 32.0 Å². The molecule has 0 radical (unpaired) electrons. The maximum Gasteiger partial charge on any atom is 0.268 e. The highest BCUT2D eigenvalue weighted by atomic mass is 35.5. The van der Waals surface area contributed by atoms with Crippen molar-refractivity contribution in [1.82, 2.24) is 0 Å². The number of halogens is 1. The normalized spacial score (nSPS) is 17.7. The zero-order valence-corrected chi connectivity index (χ0v) is 17.4. The first-order valence-corrected chi connectivity index (χ1v) is 9.96. The first-order valence-electron chi connectivity index (χ1n) is 9.58. The number of rotatable bonds is 4. The van der Waals surface area contributed by atoms with Gasteiger partial charge in [-0.3, -0.25) is 14.5 Å². The summed E-state index contributed by atoms with van der Waals surface area (Å²) in [5.41, 5.74) is 2.12. The second kappa shape index (κ2) is 7.59. The van der Waals surface area contributed by atoms with Crippen molar-refractivity contribution >= 4 is 34.8 Å². The van der Waals surface area contributed by atoms with Crippen LogP contribution in [0.1, 0.15) is 22.3 Å². The molecule has 2 N–H and O–H groups in total. The van der Waals surface area contributed by atoms with Gasteiger partial charge in [0.1, 0.15) is 6.54 Å². The molecule has 1 heterocycles. The molecule has 0 aliphatic carbocycles. The standard InChI is InChI=1S/C24H21ClN2O3/c1-15-7-5-11-20(16(15)2)26-22(28)14-27-21-12-4-3-10-19(21)24(30,23(27)29)17-8-6-9-18(25)13-17/h3-13,30H,14H2,1-2H3,(H,26,28)/t24-/m1/s1. The molecule has 1 aliphatic rings. The van der Waals surface area contributed by atoms with E-state index in [-0.39, 0.29) is 12.5 Å². The van der Waals surface area contributed by atoms with Gasteiger partial charge < -0.3 is 10.4 Å². The molecule has 4 rings (SSSR count). The van der Waals surface area contributed by atoms with Crippen molar-refractivity contribution < 1.29 is 14.7 Å². The minimum atomic E-state index is -1.90. The van der Waals surface area contributed by atoms with E-state index < -0.39 is 11.5 Å². The number of aryl methyl sites for hydroxylation is 1. The van der Waals surface area contributed by atoms with Crippen molar-refractivity contribution in [2.75, 3.05) is 16.8 Å². The van der Waals surface area contributed by atoms with E-state index in [0.717, 1.165) is 11.1 Å². The summed E-state index contributed by atoms with van der Waals surface area (Å²) in [5.74, 6) is -0.927. The lowest BCUT2D eigenvalue weighted by Crippen LogP contribution is -2.44. The van der Waals surface area contributed by atoms with Gasteiger partial charge in [-0.05, 0) is 54.8 Å². The fourth-order valence-electron chi connectivity index (χ4n) is 3.80. The van der Waals surface area contributed by atoms with Crippen molar-refractivity contribution in [2.45, 2.75) is 19.4 Å². The van der Waals surface area contributed by atoms with Gasteiger partial charge in [0.15, 0.2) is 5.60 Å². The van der Waals surface area contributed by atoms with Crippen LogP contribution < -0.4 is 10.2 Å². The highest BCUT2D eigenvalue weighted by Crippen LogP contribution is 2.44. The molecule has 6 heteroatoms. The number of anilines is 2. The number of carbonyl (C=O) groups is 2. The van der Waals surface area contributed by atoms with Gasteiger partial charge in [0, 0.05) is 16.3 Å². The Balaban J connectivity index is 1.67. The van der Waals surface area contributed by atoms with Gasteiger partial charge in [0.2, 0.25) is 5.91 Å². The predicted octanol–water partition coefficient (Wildman–Crippen LogP) is 4.18. The van der Waals surface area contributed by atoms with Gasteiger partial charge in [-0.2, -0.15) is 0 Å². The van der Waals surface area contributed by atoms with Crippen LogP contribution >= 0.6 is 11.6 Å². The van der Waals surface area contributed by atoms with Crippen molar-refractivity contribution in [3.05, 3.63) is 94.0 Å². The zero-order chi connectivity index (χ0) is 21.5. The van der Waals surface area contributed by atoms with Crippen molar-refractivity contribution in [3.63, 3.8) is 0 Å². The topological polar surface area (TPSA) is 69.6 Å². The fourth-order valence-corrected chi connectivity index (χ4v) is 3.99. The Labute approximate surface area is 179 Å². The Morgan fingerprint density at radius 2 is 1.80 bits per heavy atom. The Morgan fingerprint density at radius 3 is 2.57 bits per heavy atom. The lowest BCUT2D eigenvalue weighted by atomic mass is 9.87. The molecule has 0 bridgehead atoms. The molecule has 5 nitrogen and oxygen atoms in total. The number of carbonyl (C=O) groups excluding carboxylic acids is 2. The van der Waals surface area contributed by atoms with Crippen LogP contribution in [0.4, 0.5) is 11.4 Å². The van der Waals surface area contributed by atoms with E-state index in [1.54, 1.807) is 48.5 Å². The third-order valence-corrected chi connectivity index (χ3v) is 5.80. The second-order valence-electron chi connectivity index (χ2n) is 7.42. The van der Waals surface area contributed by atoms with Crippen LogP contribution in [0.3, 0.4) is 0 Å². The van der Waals surface area contributed by atoms with Crippen molar-refractivity contribution in [2.24, 2.45) is 0 Å². The van der Waals surface area contributed by atoms with Gasteiger partial charge in [-0.25, -0.2) is 0 Å². The number of fused-ring (bicyclic) bond motifs is 1. The molecule has 0 saturated carbocycles. The molecule has 3 aromatic carbocycles. The number of hydrogen-bond acceptors (Lipinski definition) is 3. The molecular weight excluding hydrogens is 400 g/mol. The number of aliphatic hydroxyl groups is 1. The summed E-state index contributed by atoms with van der Waals surface area (Å²) < 4.78 is 0. The molecule has 2 amide bonds. The van der Waals surface area contributed by atoms with Crippen LogP contribution in [0.25, 0.3) is 0 Å². The van der Waals surface area contributed by atoms with Gasteiger partial charge in [0.05, 0.1) is 5.69 Å². The van der Waals surface area contributed by atoms with Gasteiger partial charge in [-0.15, -0.1) is 0 Å². The highest BCUT2D eigenvalue weighted by Gasteiger charge is 2.51. The first-order chi connectivity index (χ1) is 14.3. The Bertz CT molecular complexity index is 1160. The van der Waals surface area contributed by atoms with Crippen LogP contribution in [0, 0.1) is 13.8 Å². The monoisotopic (exact) mass is 420 g/mol. The van der Waals surface area contributed by atoms with Crippen LogP contribution in [-0.4, -0.2) is 23.5 Å². The number of nitrogens with zero attached hydrogens (tertiary/aromatic N) is 1. The summed E-state index contributed by atoms with van der Waals surface area (Å²) >= 11 is 6.10. The van der Waals surface area contributed by atoms with E-state index in [1.165, 1.54) is 4.90 Å². The molecule has 1 aliphatic heterocycles. The fraction of sp³-hybridized carbons (Fsp3) is 0.167. The quantitative estimate of drug-likeness (QED) is 0.665. The second-order valence-corrected chi connectivity index (χ2v) is 7.86. The third kappa shape index (κ3) is 3.26. The minimum Gasteiger partial charge on any atom is -0.372 e. The first kappa shape index (κ1) is 20.1. The summed E-state index contributed by atoms with van der Waals surface area (Å²) in [6, 6.07) is 19.2. The number of nitrogens with one attached hydrogen (secondary N) is 1. The maximum absolute atomic E-state index is 13.4. The predicted molar refractivity (Wildman–Crippen MR) is 118 cm³/mol. The maximum atomic E-state index is 13.4. The van der Waals surface area contributed by atoms with Crippen molar-refractivity contribution in [1.29, 1.82) is 0 Å². The molecule has 30 heavy (non-hydrogen) atoms. The molecule has 0 unspecified atom stereocenters. The molecule has 0 fully saturated rings. The van der Waals surface area contributed by atoms with E-state index in [0.29, 0.717) is 27.5 Å². The summed E-state index contributed by atoms with van der Waals surface area (Å²) in [4.78, 5) is 27.5. The van der Waals surface area contributed by atoms with Gasteiger partial charge >= 0.3 is 0 Å². The largest absolute Gasteiger partial charge is 0.372 e. The van der Waals surface area contributed by atoms with Crippen LogP contribution in [0.5, 0.6) is 0 Å². The summed E-state index contributed by atoms with van der Waals surface area (Å²) in [7, 11) is 0. The van der Waals surface area contributed by atoms with Crippen molar-refractivity contribution in [3.8, 4) is 0 Å². The van der Waals surface area contributed by atoms with Gasteiger partial charge in [0.25, 0.3) is 5.91 Å². The molecule has 0 saturated heterocycles. The minimum absolute atomic E-state index is 0.216. The van der Waals surface area contributed by atoms with E-state index >= 15 is 0 Å². The molecule has 0 aromatic heterocycles. The molecule has 3 aromatic rings. The number of para-hydroxylation sites is 1. The Morgan fingerprint density at radius 1 is 1.07 bits per heavy atom. The summed E-state index contributed by atoms with van der Waals surface area (Å²) in [5, 5.41) is 14.8. The summed E-state index contributed by atoms with van der Waals surface area (Å²) in [6.07, 6.45) is 0. The van der Waals surface area contributed by atoms with Gasteiger partial charge in [-0.1, -0.05) is 54.1 Å². The number of hydrogen-bond donors (Lipinski definition) is 2. The Hall–Kier alpha value is -3.15. The molecule has 152 valence electrons. The summed E-state index contributed by atoms with van der Waals surface area (Å²) in [6.45, 7) is 3.68. The number of amides is 2. The molecule has 1 atom stereocenters. The smallest absolute Gasteiger partial charge is 0.268 e. The van der Waals surface area contributed by atoms with E-state index in [4.69, 9.17) is 11.6 Å². The number of benzene rings is 3. The zero-order valence-electron chi connectivity index (χ0n) is 16.6. The van der Waals surface area contributed by atoms with Crippen LogP contribution in [0.15, 0.2) is 66.7 Å². The third-order valence-electron chi connectivity index (χ3n) is 5.56. The van der Waals surface area contributed by atoms with E-state index in [9.17, 15) is 14.7 Å².